The first-order valence-electron chi connectivity index (χ1n) is 9.07. The molecule has 2 aromatic rings. The molecule has 1 aliphatic rings. The highest BCUT2D eigenvalue weighted by Gasteiger charge is 2.41. The topological polar surface area (TPSA) is 50.1 Å². The minimum absolute atomic E-state index is 0.313. The van der Waals surface area contributed by atoms with Gasteiger partial charge in [-0.25, -0.2) is 4.39 Å². The fraction of sp³-hybridized carbons (Fsp3) is 0.364. The van der Waals surface area contributed by atoms with Crippen LogP contribution in [0.4, 0.5) is 4.39 Å². The molecule has 0 saturated carbocycles. The molecule has 0 amide bonds. The Morgan fingerprint density at radius 2 is 1.81 bits per heavy atom. The summed E-state index contributed by atoms with van der Waals surface area (Å²) in [5, 5.41) is 9.01. The highest BCUT2D eigenvalue weighted by molar-refractivity contribution is 5.52. The summed E-state index contributed by atoms with van der Waals surface area (Å²) in [6.45, 7) is 8.38. The second-order valence-electron chi connectivity index (χ2n) is 5.31. The number of hydrogen-bond acceptors (Lipinski definition) is 3. The highest BCUT2D eigenvalue weighted by Crippen LogP contribution is 2.45. The van der Waals surface area contributed by atoms with E-state index in [0.29, 0.717) is 25.0 Å². The standard InChI is InChI=1S/C18H14FNO2.2C2H6/c19-16-5-3-15(4-6-16)18(8-1-9-21)17-7-2-13(11-20)10-14(17)12-22-18;2*1-2/h2-7,9-10H,1,8,12H2;2*1-2H3. The van der Waals surface area contributed by atoms with E-state index in [9.17, 15) is 9.18 Å². The van der Waals surface area contributed by atoms with Crippen LogP contribution in [0.2, 0.25) is 0 Å². The number of nitriles is 1. The number of nitrogens with zero attached hydrogens (tertiary/aromatic N) is 1. The van der Waals surface area contributed by atoms with Gasteiger partial charge in [0, 0.05) is 6.42 Å². The normalized spacial score (nSPS) is 16.9. The zero-order valence-corrected chi connectivity index (χ0v) is 15.9. The number of rotatable bonds is 4. The van der Waals surface area contributed by atoms with Gasteiger partial charge in [0.15, 0.2) is 0 Å². The number of benzene rings is 2. The van der Waals surface area contributed by atoms with E-state index in [0.717, 1.165) is 23.0 Å². The Bertz CT molecular complexity index is 750. The third-order valence-electron chi connectivity index (χ3n) is 4.07. The van der Waals surface area contributed by atoms with Gasteiger partial charge in [-0.1, -0.05) is 45.9 Å². The van der Waals surface area contributed by atoms with Crippen LogP contribution in [0.15, 0.2) is 42.5 Å². The van der Waals surface area contributed by atoms with E-state index in [1.54, 1.807) is 18.2 Å². The van der Waals surface area contributed by atoms with Crippen LogP contribution in [0.3, 0.4) is 0 Å². The average molecular weight is 355 g/mol. The van der Waals surface area contributed by atoms with Crippen molar-refractivity contribution in [2.45, 2.75) is 52.7 Å². The van der Waals surface area contributed by atoms with Gasteiger partial charge in [-0.15, -0.1) is 0 Å². The molecule has 26 heavy (non-hydrogen) atoms. The maximum absolute atomic E-state index is 13.2. The summed E-state index contributed by atoms with van der Waals surface area (Å²) in [5.74, 6) is -0.313. The molecule has 0 bridgehead atoms. The summed E-state index contributed by atoms with van der Waals surface area (Å²) in [7, 11) is 0. The van der Waals surface area contributed by atoms with Crippen molar-refractivity contribution in [3.05, 3.63) is 70.5 Å². The fourth-order valence-corrected chi connectivity index (χ4v) is 3.03. The summed E-state index contributed by atoms with van der Waals surface area (Å²) in [4.78, 5) is 10.8. The van der Waals surface area contributed by atoms with Crippen molar-refractivity contribution in [2.24, 2.45) is 0 Å². The van der Waals surface area contributed by atoms with E-state index in [-0.39, 0.29) is 5.82 Å². The Kier molecular flexibility index (Phi) is 8.67. The first-order chi connectivity index (χ1) is 12.7. The lowest BCUT2D eigenvalue weighted by Crippen LogP contribution is -2.27. The molecule has 0 N–H and O–H groups in total. The molecule has 0 fully saturated rings. The van der Waals surface area contributed by atoms with Crippen LogP contribution < -0.4 is 0 Å². The van der Waals surface area contributed by atoms with Crippen molar-refractivity contribution >= 4 is 6.29 Å². The van der Waals surface area contributed by atoms with Crippen LogP contribution in [0.1, 0.15) is 62.8 Å². The minimum Gasteiger partial charge on any atom is -0.361 e. The molecule has 4 heteroatoms. The van der Waals surface area contributed by atoms with Crippen molar-refractivity contribution in [3.8, 4) is 6.07 Å². The van der Waals surface area contributed by atoms with E-state index < -0.39 is 5.60 Å². The van der Waals surface area contributed by atoms with Crippen LogP contribution in [0.5, 0.6) is 0 Å². The van der Waals surface area contributed by atoms with Gasteiger partial charge in [0.25, 0.3) is 0 Å². The maximum Gasteiger partial charge on any atom is 0.123 e. The molecular formula is C22H26FNO2. The van der Waals surface area contributed by atoms with Crippen LogP contribution in [-0.2, 0) is 21.7 Å². The predicted molar refractivity (Wildman–Crippen MR) is 101 cm³/mol. The number of hydrogen-bond donors (Lipinski definition) is 0. The monoisotopic (exact) mass is 355 g/mol. The van der Waals surface area contributed by atoms with Gasteiger partial charge in [0.1, 0.15) is 17.7 Å². The molecule has 1 heterocycles. The quantitative estimate of drug-likeness (QED) is 0.680. The van der Waals surface area contributed by atoms with Gasteiger partial charge < -0.3 is 9.53 Å². The summed E-state index contributed by atoms with van der Waals surface area (Å²) in [5.41, 5.74) is 2.53. The Morgan fingerprint density at radius 1 is 1.15 bits per heavy atom. The summed E-state index contributed by atoms with van der Waals surface area (Å²) in [6.07, 6.45) is 1.69. The average Bonchev–Trinajstić information content (AvgIpc) is 3.09. The number of ether oxygens (including phenoxy) is 1. The third-order valence-corrected chi connectivity index (χ3v) is 4.07. The van der Waals surface area contributed by atoms with E-state index in [1.165, 1.54) is 12.1 Å². The van der Waals surface area contributed by atoms with Gasteiger partial charge in [-0.2, -0.15) is 5.26 Å². The van der Waals surface area contributed by atoms with Gasteiger partial charge in [0.05, 0.1) is 18.2 Å². The predicted octanol–water partition coefficient (Wildman–Crippen LogP) is 5.50. The minimum atomic E-state index is -0.752. The Balaban J connectivity index is 0.000000791. The van der Waals surface area contributed by atoms with Gasteiger partial charge in [-0.05, 0) is 47.4 Å². The maximum atomic E-state index is 13.2. The lowest BCUT2D eigenvalue weighted by molar-refractivity contribution is -0.109. The molecule has 0 aliphatic carbocycles. The van der Waals surface area contributed by atoms with Crippen molar-refractivity contribution in [2.75, 3.05) is 0 Å². The molecule has 3 rings (SSSR count). The van der Waals surface area contributed by atoms with Crippen LogP contribution >= 0.6 is 0 Å². The molecule has 1 aliphatic heterocycles. The molecule has 2 aromatic carbocycles. The van der Waals surface area contributed by atoms with Crippen LogP contribution in [0, 0.1) is 17.1 Å². The molecule has 0 radical (unpaired) electrons. The lowest BCUT2D eigenvalue weighted by atomic mass is 9.82. The zero-order valence-electron chi connectivity index (χ0n) is 15.9. The first kappa shape index (κ1) is 21.5. The molecule has 1 atom stereocenters. The second-order valence-corrected chi connectivity index (χ2v) is 5.31. The van der Waals surface area contributed by atoms with Gasteiger partial charge in [-0.3, -0.25) is 0 Å². The SMILES string of the molecule is CC.CC.N#Cc1ccc2c(c1)COC2(CCC=O)c1ccc(F)cc1. The lowest BCUT2D eigenvalue weighted by Gasteiger charge is -2.30. The number of carbonyl (C=O) groups is 1. The largest absolute Gasteiger partial charge is 0.361 e. The molecule has 1 unspecified atom stereocenters. The third kappa shape index (κ3) is 4.36. The fourth-order valence-electron chi connectivity index (χ4n) is 3.03. The summed E-state index contributed by atoms with van der Waals surface area (Å²) in [6, 6.07) is 13.7. The van der Waals surface area contributed by atoms with Crippen LogP contribution in [0.25, 0.3) is 0 Å². The van der Waals surface area contributed by atoms with Crippen molar-refractivity contribution < 1.29 is 13.9 Å². The van der Waals surface area contributed by atoms with E-state index in [1.807, 2.05) is 39.8 Å². The number of aldehydes is 1. The summed E-state index contributed by atoms with van der Waals surface area (Å²) >= 11 is 0. The van der Waals surface area contributed by atoms with E-state index >= 15 is 0 Å². The van der Waals surface area contributed by atoms with Gasteiger partial charge >= 0.3 is 0 Å². The molecule has 0 saturated heterocycles. The number of fused-ring (bicyclic) bond motifs is 1. The van der Waals surface area contributed by atoms with Crippen molar-refractivity contribution in [1.29, 1.82) is 5.26 Å². The van der Waals surface area contributed by atoms with Crippen molar-refractivity contribution in [3.63, 3.8) is 0 Å². The number of halogens is 1. The number of carbonyl (C=O) groups excluding carboxylic acids is 1. The van der Waals surface area contributed by atoms with Crippen LogP contribution in [-0.4, -0.2) is 6.29 Å². The Morgan fingerprint density at radius 3 is 2.38 bits per heavy atom. The van der Waals surface area contributed by atoms with Gasteiger partial charge in [0.2, 0.25) is 0 Å². The smallest absolute Gasteiger partial charge is 0.123 e. The molecule has 3 nitrogen and oxygen atoms in total. The van der Waals surface area contributed by atoms with E-state index in [2.05, 4.69) is 6.07 Å². The molecule has 0 spiro atoms. The second kappa shape index (κ2) is 10.5. The molecule has 138 valence electrons. The highest BCUT2D eigenvalue weighted by atomic mass is 19.1. The van der Waals surface area contributed by atoms with Crippen molar-refractivity contribution in [1.82, 2.24) is 0 Å². The molecular weight excluding hydrogens is 329 g/mol. The van der Waals surface area contributed by atoms with E-state index in [4.69, 9.17) is 10.00 Å². The Hall–Kier alpha value is -2.51. The zero-order chi connectivity index (χ0) is 19.6. The first-order valence-corrected chi connectivity index (χ1v) is 9.07. The summed E-state index contributed by atoms with van der Waals surface area (Å²) < 4.78 is 19.3. The Labute approximate surface area is 155 Å². The molecule has 0 aromatic heterocycles.